The lowest BCUT2D eigenvalue weighted by Gasteiger charge is -2.05. The molecule has 0 saturated heterocycles. The number of alkyl halides is 3. The van der Waals surface area contributed by atoms with Gasteiger partial charge in [-0.25, -0.2) is 9.66 Å². The Balaban J connectivity index is 1.69. The van der Waals surface area contributed by atoms with Gasteiger partial charge in [-0.1, -0.05) is 11.8 Å². The average Bonchev–Trinajstić information content (AvgIpc) is 3.19. The maximum atomic E-state index is 12.6. The number of nitrogen functional groups attached to an aromatic ring is 1. The minimum atomic E-state index is -4.66. The summed E-state index contributed by atoms with van der Waals surface area (Å²) in [5, 5.41) is 6.43. The van der Waals surface area contributed by atoms with Gasteiger partial charge >= 0.3 is 6.18 Å². The number of hydrogen-bond acceptors (Lipinski definition) is 7. The number of rotatable bonds is 5. The van der Waals surface area contributed by atoms with Gasteiger partial charge in [0.1, 0.15) is 12.0 Å². The number of oxazole rings is 1. The van der Waals surface area contributed by atoms with E-state index in [2.05, 4.69) is 15.2 Å². The van der Waals surface area contributed by atoms with Crippen molar-refractivity contribution >= 4 is 11.8 Å². The van der Waals surface area contributed by atoms with Crippen LogP contribution in [0.5, 0.6) is 5.75 Å². The molecule has 2 aromatic heterocycles. The molecule has 132 valence electrons. The van der Waals surface area contributed by atoms with Gasteiger partial charge in [0.05, 0.1) is 12.8 Å². The molecule has 0 amide bonds. The first-order valence-corrected chi connectivity index (χ1v) is 7.86. The number of halogens is 3. The predicted molar refractivity (Wildman–Crippen MR) is 83.2 cm³/mol. The van der Waals surface area contributed by atoms with Crippen LogP contribution in [0.15, 0.2) is 40.1 Å². The van der Waals surface area contributed by atoms with Crippen LogP contribution in [0.3, 0.4) is 0 Å². The molecule has 0 aliphatic rings. The number of nitrogens with two attached hydrogens (primary N) is 1. The van der Waals surface area contributed by atoms with Crippen LogP contribution >= 0.6 is 11.8 Å². The van der Waals surface area contributed by atoms with Gasteiger partial charge in [0.25, 0.3) is 5.82 Å². The second-order valence-corrected chi connectivity index (χ2v) is 5.78. The number of ether oxygens (including phenoxy) is 1. The van der Waals surface area contributed by atoms with Crippen molar-refractivity contribution in [1.82, 2.24) is 19.9 Å². The van der Waals surface area contributed by atoms with Crippen LogP contribution in [0.4, 0.5) is 13.2 Å². The van der Waals surface area contributed by atoms with Crippen molar-refractivity contribution in [2.45, 2.75) is 17.1 Å². The van der Waals surface area contributed by atoms with Gasteiger partial charge in [-0.05, 0) is 24.3 Å². The summed E-state index contributed by atoms with van der Waals surface area (Å²) in [6.07, 6.45) is -3.23. The number of nitrogens with zero attached hydrogens (tertiary/aromatic N) is 4. The second-order valence-electron chi connectivity index (χ2n) is 4.84. The van der Waals surface area contributed by atoms with Crippen molar-refractivity contribution in [2.75, 3.05) is 13.0 Å². The third-order valence-corrected chi connectivity index (χ3v) is 4.13. The Bertz CT molecular complexity index is 860. The van der Waals surface area contributed by atoms with E-state index in [1.807, 2.05) is 0 Å². The topological polar surface area (TPSA) is 92.0 Å². The summed E-state index contributed by atoms with van der Waals surface area (Å²) in [6, 6.07) is 7.11. The SMILES string of the molecule is COc1ccc(-c2nc(CSc3nnc(C(F)(F)F)n3N)co2)cc1. The summed E-state index contributed by atoms with van der Waals surface area (Å²) in [5.41, 5.74) is 1.28. The third-order valence-electron chi connectivity index (χ3n) is 3.16. The highest BCUT2D eigenvalue weighted by atomic mass is 32.2. The van der Waals surface area contributed by atoms with E-state index < -0.39 is 12.0 Å². The van der Waals surface area contributed by atoms with E-state index in [-0.39, 0.29) is 10.9 Å². The van der Waals surface area contributed by atoms with Crippen molar-refractivity contribution in [2.24, 2.45) is 0 Å². The van der Waals surface area contributed by atoms with Crippen molar-refractivity contribution < 1.29 is 22.3 Å². The van der Waals surface area contributed by atoms with Crippen LogP contribution < -0.4 is 10.6 Å². The molecule has 0 aliphatic heterocycles. The first kappa shape index (κ1) is 17.1. The Hall–Kier alpha value is -2.69. The highest BCUT2D eigenvalue weighted by molar-refractivity contribution is 7.98. The molecule has 2 heterocycles. The fourth-order valence-corrected chi connectivity index (χ4v) is 2.68. The lowest BCUT2D eigenvalue weighted by molar-refractivity contribution is -0.146. The minimum absolute atomic E-state index is 0.0682. The fraction of sp³-hybridized carbons (Fsp3) is 0.214. The van der Waals surface area contributed by atoms with E-state index in [9.17, 15) is 13.2 Å². The molecular formula is C14H12F3N5O2S. The summed E-state index contributed by atoms with van der Waals surface area (Å²) < 4.78 is 48.7. The zero-order valence-corrected chi connectivity index (χ0v) is 13.6. The molecule has 0 unspecified atom stereocenters. The second kappa shape index (κ2) is 6.67. The Morgan fingerprint density at radius 3 is 2.56 bits per heavy atom. The van der Waals surface area contributed by atoms with Gasteiger partial charge in [0, 0.05) is 11.3 Å². The zero-order chi connectivity index (χ0) is 18.0. The summed E-state index contributed by atoms with van der Waals surface area (Å²) in [5.74, 6) is 5.44. The van der Waals surface area contributed by atoms with Gasteiger partial charge < -0.3 is 15.0 Å². The van der Waals surface area contributed by atoms with Crippen LogP contribution in [-0.2, 0) is 11.9 Å². The Morgan fingerprint density at radius 1 is 1.24 bits per heavy atom. The Morgan fingerprint density at radius 2 is 1.96 bits per heavy atom. The lowest BCUT2D eigenvalue weighted by atomic mass is 10.2. The van der Waals surface area contributed by atoms with Gasteiger partial charge in [0.2, 0.25) is 11.0 Å². The summed E-state index contributed by atoms with van der Waals surface area (Å²) in [4.78, 5) is 4.29. The van der Waals surface area contributed by atoms with Crippen LogP contribution in [0, 0.1) is 0 Å². The molecule has 2 N–H and O–H groups in total. The number of benzene rings is 1. The average molecular weight is 371 g/mol. The fourth-order valence-electron chi connectivity index (χ4n) is 1.95. The maximum absolute atomic E-state index is 12.6. The largest absolute Gasteiger partial charge is 0.497 e. The van der Waals surface area contributed by atoms with Crippen LogP contribution in [0.1, 0.15) is 11.5 Å². The van der Waals surface area contributed by atoms with Crippen molar-refractivity contribution in [3.63, 3.8) is 0 Å². The van der Waals surface area contributed by atoms with Gasteiger partial charge in [0.15, 0.2) is 0 Å². The number of hydrogen-bond donors (Lipinski definition) is 1. The highest BCUT2D eigenvalue weighted by Crippen LogP contribution is 2.30. The highest BCUT2D eigenvalue weighted by Gasteiger charge is 2.38. The summed E-state index contributed by atoms with van der Waals surface area (Å²) in [7, 11) is 1.57. The van der Waals surface area contributed by atoms with Gasteiger partial charge in [-0.3, -0.25) is 0 Å². The molecule has 0 fully saturated rings. The number of thioether (sulfide) groups is 1. The van der Waals surface area contributed by atoms with Crippen molar-refractivity contribution in [1.29, 1.82) is 0 Å². The molecule has 0 aliphatic carbocycles. The smallest absolute Gasteiger partial charge is 0.453 e. The van der Waals surface area contributed by atoms with Crippen LogP contribution in [0.25, 0.3) is 11.5 Å². The molecule has 0 spiro atoms. The van der Waals surface area contributed by atoms with E-state index >= 15 is 0 Å². The molecular weight excluding hydrogens is 359 g/mol. The molecule has 1 aromatic carbocycles. The van der Waals surface area contributed by atoms with Gasteiger partial charge in [-0.2, -0.15) is 13.2 Å². The number of aromatic nitrogens is 4. The van der Waals surface area contributed by atoms with Gasteiger partial charge in [-0.15, -0.1) is 10.2 Å². The standard InChI is InChI=1S/C14H12F3N5O2S/c1-23-10-4-2-8(3-5-10)11-19-9(6-24-11)7-25-13-21-20-12(22(13)18)14(15,16)17/h2-6H,7,18H2,1H3. The Labute approximate surface area is 144 Å². The third kappa shape index (κ3) is 3.71. The van der Waals surface area contributed by atoms with E-state index in [0.717, 1.165) is 17.3 Å². The van der Waals surface area contributed by atoms with Crippen LogP contribution in [-0.4, -0.2) is 27.0 Å². The molecule has 11 heteroatoms. The van der Waals surface area contributed by atoms with Crippen LogP contribution in [0.2, 0.25) is 0 Å². The molecule has 0 saturated carbocycles. The summed E-state index contributed by atoms with van der Waals surface area (Å²) >= 11 is 0.974. The quantitative estimate of drug-likeness (QED) is 0.544. The minimum Gasteiger partial charge on any atom is -0.497 e. The zero-order valence-electron chi connectivity index (χ0n) is 12.8. The maximum Gasteiger partial charge on any atom is 0.453 e. The normalized spacial score (nSPS) is 11.7. The lowest BCUT2D eigenvalue weighted by Crippen LogP contribution is -2.21. The summed E-state index contributed by atoms with van der Waals surface area (Å²) in [6.45, 7) is 0. The molecule has 7 nitrogen and oxygen atoms in total. The molecule has 25 heavy (non-hydrogen) atoms. The first-order valence-electron chi connectivity index (χ1n) is 6.88. The molecule has 0 bridgehead atoms. The predicted octanol–water partition coefficient (Wildman–Crippen LogP) is 2.97. The molecule has 0 atom stereocenters. The first-order chi connectivity index (χ1) is 11.9. The molecule has 0 radical (unpaired) electrons. The van der Waals surface area contributed by atoms with E-state index in [4.69, 9.17) is 15.0 Å². The van der Waals surface area contributed by atoms with E-state index in [1.165, 1.54) is 6.26 Å². The Kier molecular flexibility index (Phi) is 4.57. The van der Waals surface area contributed by atoms with E-state index in [1.54, 1.807) is 31.4 Å². The molecule has 3 aromatic rings. The van der Waals surface area contributed by atoms with E-state index in [0.29, 0.717) is 22.0 Å². The molecule has 3 rings (SSSR count). The van der Waals surface area contributed by atoms with Crippen molar-refractivity contribution in [3.05, 3.63) is 42.0 Å². The monoisotopic (exact) mass is 371 g/mol. The number of methoxy groups -OCH3 is 1. The van der Waals surface area contributed by atoms with Crippen molar-refractivity contribution in [3.8, 4) is 17.2 Å².